The van der Waals surface area contributed by atoms with Gasteiger partial charge in [0, 0.05) is 34.3 Å². The number of aryl methyl sites for hydroxylation is 1. The van der Waals surface area contributed by atoms with Crippen LogP contribution in [0.5, 0.6) is 0 Å². The summed E-state index contributed by atoms with van der Waals surface area (Å²) in [5.74, 6) is 0. The summed E-state index contributed by atoms with van der Waals surface area (Å²) in [6, 6.07) is 36.0. The summed E-state index contributed by atoms with van der Waals surface area (Å²) in [4.78, 5) is 0. The van der Waals surface area contributed by atoms with Crippen LogP contribution >= 0.6 is 0 Å². The molecule has 1 aromatic heterocycles. The van der Waals surface area contributed by atoms with Gasteiger partial charge in [-0.25, -0.2) is 0 Å². The number of hydrogen-bond donors (Lipinski definition) is 0. The van der Waals surface area contributed by atoms with Crippen LogP contribution in [0.2, 0.25) is 0 Å². The molecule has 0 radical (unpaired) electrons. The predicted molar refractivity (Wildman–Crippen MR) is 141 cm³/mol. The molecule has 0 saturated heterocycles. The minimum Gasteiger partial charge on any atom is -0.344 e. The van der Waals surface area contributed by atoms with Gasteiger partial charge in [0.25, 0.3) is 0 Å². The predicted octanol–water partition coefficient (Wildman–Crippen LogP) is 8.46. The van der Waals surface area contributed by atoms with E-state index in [4.69, 9.17) is 0 Å². The van der Waals surface area contributed by atoms with Gasteiger partial charge in [-0.2, -0.15) is 0 Å². The van der Waals surface area contributed by atoms with Crippen molar-refractivity contribution >= 4 is 32.6 Å². The van der Waals surface area contributed by atoms with Gasteiger partial charge in [0.2, 0.25) is 0 Å². The summed E-state index contributed by atoms with van der Waals surface area (Å²) in [5, 5.41) is 5.29. The van der Waals surface area contributed by atoms with Crippen molar-refractivity contribution < 1.29 is 0 Å². The average Bonchev–Trinajstić information content (AvgIpc) is 3.27. The van der Waals surface area contributed by atoms with Gasteiger partial charge >= 0.3 is 0 Å². The van der Waals surface area contributed by atoms with Crippen molar-refractivity contribution in [3.63, 3.8) is 0 Å². The molecule has 0 saturated carbocycles. The number of rotatable bonds is 1. The zero-order chi connectivity index (χ0) is 22.3. The minimum absolute atomic E-state index is 0.0185. The van der Waals surface area contributed by atoms with Gasteiger partial charge in [-0.15, -0.1) is 0 Å². The maximum absolute atomic E-state index is 2.41. The van der Waals surface area contributed by atoms with E-state index in [1.165, 1.54) is 66.0 Å². The summed E-state index contributed by atoms with van der Waals surface area (Å²) in [6.07, 6.45) is 0. The molecule has 158 valence electrons. The van der Waals surface area contributed by atoms with Gasteiger partial charge in [-0.3, -0.25) is 0 Å². The lowest BCUT2D eigenvalue weighted by atomic mass is 9.81. The number of hydrogen-bond acceptors (Lipinski definition) is 0. The average molecular weight is 424 g/mol. The molecule has 5 aromatic carbocycles. The van der Waals surface area contributed by atoms with Crippen LogP contribution in [-0.2, 0) is 12.5 Å². The van der Waals surface area contributed by atoms with E-state index >= 15 is 0 Å². The molecule has 1 aliphatic rings. The van der Waals surface area contributed by atoms with Crippen molar-refractivity contribution in [3.05, 3.63) is 108 Å². The second kappa shape index (κ2) is 6.36. The molecule has 0 spiro atoms. The molecule has 0 amide bonds. The van der Waals surface area contributed by atoms with Crippen LogP contribution < -0.4 is 0 Å². The SMILES string of the molecule is Cn1c2cc(-c3ccc4c(c3)C(C)(C)c3ccccc3-4)ccc2c2c3ccccc3ccc21. The molecule has 33 heavy (non-hydrogen) atoms. The standard InChI is InChI=1S/C32H25N/c1-32(2)27-11-7-6-10-24(27)25-15-12-21(18-28(25)32)22-13-16-26-30(19-22)33(3)29-17-14-20-8-4-5-9-23(20)31(26)29/h4-19H,1-3H3. The third-order valence-electron chi connectivity index (χ3n) is 7.81. The Kier molecular flexibility index (Phi) is 3.60. The second-order valence-electron chi connectivity index (χ2n) is 9.90. The Bertz CT molecular complexity index is 1750. The first-order valence-electron chi connectivity index (χ1n) is 11.7. The Hall–Kier alpha value is -3.84. The van der Waals surface area contributed by atoms with Crippen LogP contribution in [0.1, 0.15) is 25.0 Å². The first-order chi connectivity index (χ1) is 16.0. The largest absolute Gasteiger partial charge is 0.344 e. The lowest BCUT2D eigenvalue weighted by Crippen LogP contribution is -2.14. The maximum Gasteiger partial charge on any atom is 0.0495 e. The fourth-order valence-corrected chi connectivity index (χ4v) is 6.04. The molecule has 0 fully saturated rings. The molecule has 0 unspecified atom stereocenters. The first kappa shape index (κ1) is 18.7. The van der Waals surface area contributed by atoms with Crippen molar-refractivity contribution in [1.29, 1.82) is 0 Å². The van der Waals surface area contributed by atoms with E-state index in [0.717, 1.165) is 0 Å². The summed E-state index contributed by atoms with van der Waals surface area (Å²) >= 11 is 0. The zero-order valence-corrected chi connectivity index (χ0v) is 19.2. The fourth-order valence-electron chi connectivity index (χ4n) is 6.04. The Morgan fingerprint density at radius 2 is 1.30 bits per heavy atom. The quantitative estimate of drug-likeness (QED) is 0.250. The molecule has 1 aliphatic carbocycles. The van der Waals surface area contributed by atoms with Crippen molar-refractivity contribution in [2.24, 2.45) is 7.05 Å². The summed E-state index contributed by atoms with van der Waals surface area (Å²) < 4.78 is 2.34. The molecular formula is C32H25N. The fraction of sp³-hybridized carbons (Fsp3) is 0.125. The number of fused-ring (bicyclic) bond motifs is 8. The first-order valence-corrected chi connectivity index (χ1v) is 11.7. The monoisotopic (exact) mass is 423 g/mol. The smallest absolute Gasteiger partial charge is 0.0495 e. The summed E-state index contributed by atoms with van der Waals surface area (Å²) in [7, 11) is 2.19. The minimum atomic E-state index is 0.0185. The number of benzene rings is 5. The molecule has 6 aromatic rings. The van der Waals surface area contributed by atoms with Crippen LogP contribution in [0.25, 0.3) is 54.8 Å². The Labute approximate surface area is 193 Å². The highest BCUT2D eigenvalue weighted by atomic mass is 14.9. The van der Waals surface area contributed by atoms with Crippen molar-refractivity contribution in [1.82, 2.24) is 4.57 Å². The zero-order valence-electron chi connectivity index (χ0n) is 19.2. The van der Waals surface area contributed by atoms with E-state index in [9.17, 15) is 0 Å². The van der Waals surface area contributed by atoms with Gasteiger partial charge < -0.3 is 4.57 Å². The highest BCUT2D eigenvalue weighted by Crippen LogP contribution is 2.49. The molecule has 0 bridgehead atoms. The third-order valence-corrected chi connectivity index (χ3v) is 7.81. The normalized spacial score (nSPS) is 14.2. The summed E-state index contributed by atoms with van der Waals surface area (Å²) in [6.45, 7) is 4.69. The molecular weight excluding hydrogens is 398 g/mol. The lowest BCUT2D eigenvalue weighted by molar-refractivity contribution is 0.660. The Morgan fingerprint density at radius 3 is 2.21 bits per heavy atom. The molecule has 0 N–H and O–H groups in total. The van der Waals surface area contributed by atoms with E-state index < -0.39 is 0 Å². The van der Waals surface area contributed by atoms with Crippen LogP contribution in [-0.4, -0.2) is 4.57 Å². The lowest BCUT2D eigenvalue weighted by Gasteiger charge is -2.22. The molecule has 1 nitrogen and oxygen atoms in total. The Balaban J connectivity index is 1.45. The van der Waals surface area contributed by atoms with Crippen LogP contribution in [0.4, 0.5) is 0 Å². The Morgan fingerprint density at radius 1 is 0.576 bits per heavy atom. The maximum atomic E-state index is 2.41. The summed E-state index contributed by atoms with van der Waals surface area (Å²) in [5.41, 5.74) is 10.7. The molecule has 1 heterocycles. The van der Waals surface area contributed by atoms with Gasteiger partial charge in [-0.1, -0.05) is 92.7 Å². The van der Waals surface area contributed by atoms with Gasteiger partial charge in [0.1, 0.15) is 0 Å². The number of aromatic nitrogens is 1. The van der Waals surface area contributed by atoms with Crippen LogP contribution in [0.15, 0.2) is 97.1 Å². The van der Waals surface area contributed by atoms with E-state index in [-0.39, 0.29) is 5.41 Å². The van der Waals surface area contributed by atoms with Crippen molar-refractivity contribution in [3.8, 4) is 22.3 Å². The second-order valence-corrected chi connectivity index (χ2v) is 9.90. The third kappa shape index (κ3) is 2.42. The van der Waals surface area contributed by atoms with Crippen LogP contribution in [0.3, 0.4) is 0 Å². The molecule has 1 heteroatoms. The van der Waals surface area contributed by atoms with E-state index in [1.54, 1.807) is 0 Å². The highest BCUT2D eigenvalue weighted by molar-refractivity contribution is 6.21. The number of nitrogens with zero attached hydrogens (tertiary/aromatic N) is 1. The molecule has 0 aliphatic heterocycles. The van der Waals surface area contributed by atoms with E-state index in [0.29, 0.717) is 0 Å². The van der Waals surface area contributed by atoms with Crippen molar-refractivity contribution in [2.75, 3.05) is 0 Å². The van der Waals surface area contributed by atoms with Gasteiger partial charge in [0.15, 0.2) is 0 Å². The van der Waals surface area contributed by atoms with Gasteiger partial charge in [0.05, 0.1) is 0 Å². The van der Waals surface area contributed by atoms with Crippen LogP contribution in [0, 0.1) is 0 Å². The van der Waals surface area contributed by atoms with Gasteiger partial charge in [-0.05, 0) is 62.4 Å². The molecule has 7 rings (SSSR count). The van der Waals surface area contributed by atoms with E-state index in [2.05, 4.69) is 123 Å². The topological polar surface area (TPSA) is 4.93 Å². The highest BCUT2D eigenvalue weighted by Gasteiger charge is 2.35. The van der Waals surface area contributed by atoms with E-state index in [1.807, 2.05) is 0 Å². The molecule has 0 atom stereocenters. The van der Waals surface area contributed by atoms with Crippen molar-refractivity contribution in [2.45, 2.75) is 19.3 Å².